The lowest BCUT2D eigenvalue weighted by atomic mass is 10.0. The molecule has 0 amide bonds. The summed E-state index contributed by atoms with van der Waals surface area (Å²) in [6, 6.07) is 0. The Morgan fingerprint density at radius 2 is 2.00 bits per heavy atom. The zero-order valence-corrected chi connectivity index (χ0v) is 10.7. The minimum absolute atomic E-state index is 0.128. The molecule has 0 aliphatic heterocycles. The summed E-state index contributed by atoms with van der Waals surface area (Å²) >= 11 is 0. The number of carboxylic acid groups (broad SMARTS) is 1. The highest BCUT2D eigenvalue weighted by Crippen LogP contribution is 2.13. The van der Waals surface area contributed by atoms with Gasteiger partial charge in [0.1, 0.15) is 0 Å². The first kappa shape index (κ1) is 15.7. The number of hydrogen-bond acceptors (Lipinski definition) is 3. The highest BCUT2D eigenvalue weighted by Gasteiger charge is 2.13. The van der Waals surface area contributed by atoms with Gasteiger partial charge >= 0.3 is 11.9 Å². The summed E-state index contributed by atoms with van der Waals surface area (Å²) in [6.07, 6.45) is 4.02. The second-order valence-corrected chi connectivity index (χ2v) is 4.18. The molecule has 17 heavy (non-hydrogen) atoms. The Balaban J connectivity index is 3.88. The molecular formula is C13H22O4. The van der Waals surface area contributed by atoms with Crippen LogP contribution in [0.25, 0.3) is 0 Å². The van der Waals surface area contributed by atoms with E-state index >= 15 is 0 Å². The molecule has 0 aliphatic rings. The van der Waals surface area contributed by atoms with E-state index in [9.17, 15) is 9.59 Å². The van der Waals surface area contributed by atoms with Crippen LogP contribution < -0.4 is 0 Å². The van der Waals surface area contributed by atoms with Gasteiger partial charge in [0.25, 0.3) is 0 Å². The fourth-order valence-corrected chi connectivity index (χ4v) is 1.41. The molecule has 0 aromatic heterocycles. The number of hydrogen-bond donors (Lipinski definition) is 1. The van der Waals surface area contributed by atoms with Crippen molar-refractivity contribution in [1.82, 2.24) is 0 Å². The summed E-state index contributed by atoms with van der Waals surface area (Å²) in [5.74, 6) is -1.29. The Morgan fingerprint density at radius 3 is 2.47 bits per heavy atom. The minimum Gasteiger partial charge on any atom is -0.478 e. The van der Waals surface area contributed by atoms with Gasteiger partial charge in [-0.2, -0.15) is 0 Å². The van der Waals surface area contributed by atoms with E-state index in [2.05, 4.69) is 20.4 Å². The van der Waals surface area contributed by atoms with Gasteiger partial charge in [0.15, 0.2) is 0 Å². The third-order valence-electron chi connectivity index (χ3n) is 2.68. The van der Waals surface area contributed by atoms with Crippen molar-refractivity contribution in [3.63, 3.8) is 0 Å². The molecule has 1 unspecified atom stereocenters. The number of rotatable bonds is 9. The third kappa shape index (κ3) is 7.55. The number of carbonyl (C=O) groups is 2. The fraction of sp³-hybridized carbons (Fsp3) is 0.692. The van der Waals surface area contributed by atoms with Gasteiger partial charge in [-0.25, -0.2) is 4.79 Å². The number of ether oxygens (including phenoxy) is 1. The zero-order valence-electron chi connectivity index (χ0n) is 10.7. The topological polar surface area (TPSA) is 63.6 Å². The van der Waals surface area contributed by atoms with Gasteiger partial charge in [-0.05, 0) is 12.3 Å². The van der Waals surface area contributed by atoms with E-state index in [1.807, 2.05) is 0 Å². The summed E-state index contributed by atoms with van der Waals surface area (Å²) in [5.41, 5.74) is -0.128. The molecule has 4 heteroatoms. The molecule has 0 heterocycles. The molecule has 0 fully saturated rings. The van der Waals surface area contributed by atoms with Gasteiger partial charge in [-0.15, -0.1) is 0 Å². The standard InChI is InChI=1S/C13H22O4/c1-4-6-7-11(5-2)9-17-12(14)8-10(3)13(15)16/h11H,3-9H2,1-2H3,(H,15,16). The highest BCUT2D eigenvalue weighted by molar-refractivity contribution is 5.91. The predicted molar refractivity (Wildman–Crippen MR) is 65.7 cm³/mol. The number of esters is 1. The van der Waals surface area contributed by atoms with Gasteiger partial charge in [0.05, 0.1) is 13.0 Å². The molecule has 4 nitrogen and oxygen atoms in total. The van der Waals surface area contributed by atoms with Gasteiger partial charge in [-0.3, -0.25) is 4.79 Å². The summed E-state index contributed by atoms with van der Waals surface area (Å²) in [5, 5.41) is 8.56. The van der Waals surface area contributed by atoms with Crippen LogP contribution in [0.4, 0.5) is 0 Å². The van der Waals surface area contributed by atoms with Crippen LogP contribution in [0.3, 0.4) is 0 Å². The summed E-state index contributed by atoms with van der Waals surface area (Å²) in [4.78, 5) is 21.8. The van der Waals surface area contributed by atoms with Gasteiger partial charge in [0, 0.05) is 5.57 Å². The van der Waals surface area contributed by atoms with E-state index in [1.54, 1.807) is 0 Å². The van der Waals surface area contributed by atoms with Gasteiger partial charge in [-0.1, -0.05) is 39.7 Å². The summed E-state index contributed by atoms with van der Waals surface area (Å²) in [7, 11) is 0. The van der Waals surface area contributed by atoms with Gasteiger partial charge < -0.3 is 9.84 Å². The third-order valence-corrected chi connectivity index (χ3v) is 2.68. The van der Waals surface area contributed by atoms with Crippen LogP contribution in [-0.4, -0.2) is 23.7 Å². The Kier molecular flexibility index (Phi) is 8.11. The van der Waals surface area contributed by atoms with Crippen LogP contribution in [0, 0.1) is 5.92 Å². The van der Waals surface area contributed by atoms with E-state index < -0.39 is 11.9 Å². The average molecular weight is 242 g/mol. The maximum absolute atomic E-state index is 11.3. The second-order valence-electron chi connectivity index (χ2n) is 4.18. The number of carboxylic acids is 1. The van der Waals surface area contributed by atoms with E-state index in [-0.39, 0.29) is 12.0 Å². The average Bonchev–Trinajstić information content (AvgIpc) is 2.29. The number of carbonyl (C=O) groups excluding carboxylic acids is 1. The van der Waals surface area contributed by atoms with Crippen molar-refractivity contribution in [2.24, 2.45) is 5.92 Å². The maximum Gasteiger partial charge on any atom is 0.331 e. The molecule has 0 rings (SSSR count). The lowest BCUT2D eigenvalue weighted by Crippen LogP contribution is -2.15. The van der Waals surface area contributed by atoms with Crippen molar-refractivity contribution in [2.75, 3.05) is 6.61 Å². The largest absolute Gasteiger partial charge is 0.478 e. The second kappa shape index (κ2) is 8.79. The first-order valence-electron chi connectivity index (χ1n) is 6.07. The lowest BCUT2D eigenvalue weighted by molar-refractivity contribution is -0.146. The molecule has 0 aromatic carbocycles. The van der Waals surface area contributed by atoms with Gasteiger partial charge in [0.2, 0.25) is 0 Å². The molecule has 0 aliphatic carbocycles. The first-order valence-corrected chi connectivity index (χ1v) is 6.07. The molecular weight excluding hydrogens is 220 g/mol. The monoisotopic (exact) mass is 242 g/mol. The molecule has 1 atom stereocenters. The highest BCUT2D eigenvalue weighted by atomic mass is 16.5. The Hall–Kier alpha value is -1.32. The van der Waals surface area contributed by atoms with Crippen LogP contribution >= 0.6 is 0 Å². The van der Waals surface area contributed by atoms with E-state index in [0.717, 1.165) is 25.7 Å². The molecule has 0 spiro atoms. The molecule has 0 radical (unpaired) electrons. The number of aliphatic carboxylic acids is 1. The van der Waals surface area contributed by atoms with Crippen LogP contribution in [0.15, 0.2) is 12.2 Å². The zero-order chi connectivity index (χ0) is 13.3. The van der Waals surface area contributed by atoms with E-state index in [1.165, 1.54) is 0 Å². The fourth-order valence-electron chi connectivity index (χ4n) is 1.41. The molecule has 0 saturated heterocycles. The lowest BCUT2D eigenvalue weighted by Gasteiger charge is -2.14. The molecule has 0 saturated carbocycles. The molecule has 1 N–H and O–H groups in total. The van der Waals surface area contributed by atoms with Crippen molar-refractivity contribution in [2.45, 2.75) is 46.0 Å². The smallest absolute Gasteiger partial charge is 0.331 e. The van der Waals surface area contributed by atoms with Crippen molar-refractivity contribution in [1.29, 1.82) is 0 Å². The molecule has 0 bridgehead atoms. The Morgan fingerprint density at radius 1 is 1.35 bits per heavy atom. The number of unbranched alkanes of at least 4 members (excludes halogenated alkanes) is 1. The minimum atomic E-state index is -1.15. The summed E-state index contributed by atoms with van der Waals surface area (Å²) in [6.45, 7) is 7.85. The quantitative estimate of drug-likeness (QED) is 0.499. The molecule has 98 valence electrons. The van der Waals surface area contributed by atoms with E-state index in [4.69, 9.17) is 9.84 Å². The Labute approximate surface area is 103 Å². The van der Waals surface area contributed by atoms with Crippen LogP contribution in [-0.2, 0) is 14.3 Å². The van der Waals surface area contributed by atoms with Crippen LogP contribution in [0.1, 0.15) is 46.0 Å². The van der Waals surface area contributed by atoms with Crippen LogP contribution in [0.5, 0.6) is 0 Å². The predicted octanol–water partition coefficient (Wildman–Crippen LogP) is 2.78. The SMILES string of the molecule is C=C(CC(=O)OCC(CC)CCCC)C(=O)O. The normalized spacial score (nSPS) is 11.9. The van der Waals surface area contributed by atoms with Crippen molar-refractivity contribution >= 4 is 11.9 Å². The molecule has 0 aromatic rings. The first-order chi connectivity index (χ1) is 8.01. The van der Waals surface area contributed by atoms with Crippen LogP contribution in [0.2, 0.25) is 0 Å². The maximum atomic E-state index is 11.3. The summed E-state index contributed by atoms with van der Waals surface area (Å²) < 4.78 is 5.05. The van der Waals surface area contributed by atoms with Crippen molar-refractivity contribution in [3.8, 4) is 0 Å². The van der Waals surface area contributed by atoms with Crippen molar-refractivity contribution in [3.05, 3.63) is 12.2 Å². The van der Waals surface area contributed by atoms with E-state index in [0.29, 0.717) is 12.5 Å². The van der Waals surface area contributed by atoms with Crippen molar-refractivity contribution < 1.29 is 19.4 Å². The Bertz CT molecular complexity index is 271.